The van der Waals surface area contributed by atoms with Crippen LogP contribution in [0.1, 0.15) is 11.1 Å². The summed E-state index contributed by atoms with van der Waals surface area (Å²) in [5, 5.41) is 12.3. The summed E-state index contributed by atoms with van der Waals surface area (Å²) in [6, 6.07) is 21.8. The minimum absolute atomic E-state index is 0.0560. The molecule has 162 valence electrons. The average Bonchev–Trinajstić information content (AvgIpc) is 2.83. The van der Waals surface area contributed by atoms with E-state index in [0.717, 1.165) is 10.0 Å². The largest absolute Gasteiger partial charge is 0.497 e. The van der Waals surface area contributed by atoms with Crippen LogP contribution in [0.4, 0.5) is 5.69 Å². The fraction of sp³-hybridized carbons (Fsp3) is 0.120. The summed E-state index contributed by atoms with van der Waals surface area (Å²) < 4.78 is 17.4. The number of methoxy groups -OCH3 is 2. The lowest BCUT2D eigenvalue weighted by Gasteiger charge is -2.12. The highest BCUT2D eigenvalue weighted by Gasteiger charge is 2.13. The molecule has 0 saturated heterocycles. The molecule has 0 aliphatic heterocycles. The number of benzene rings is 3. The molecule has 3 aromatic carbocycles. The Balaban J connectivity index is 1.82. The van der Waals surface area contributed by atoms with Gasteiger partial charge in [-0.05, 0) is 60.2 Å². The Morgan fingerprint density at radius 1 is 1.00 bits per heavy atom. The standard InChI is InChI=1S/C25H21BrN2O4/c1-30-22-11-8-21(9-12-22)28-25(29)19(15-27)13-18-5-10-23(31-2)14-24(18)32-16-17-3-6-20(26)7-4-17/h3-14H,16H2,1-2H3,(H,28,29)/b19-13+. The Morgan fingerprint density at radius 3 is 2.28 bits per heavy atom. The number of halogens is 1. The van der Waals surface area contributed by atoms with Gasteiger partial charge in [-0.15, -0.1) is 0 Å². The number of carbonyl (C=O) groups is 1. The second kappa shape index (κ2) is 11.0. The molecule has 1 amide bonds. The first-order valence-electron chi connectivity index (χ1n) is 9.65. The molecule has 0 heterocycles. The predicted molar refractivity (Wildman–Crippen MR) is 127 cm³/mol. The first-order chi connectivity index (χ1) is 15.5. The molecule has 7 heteroatoms. The van der Waals surface area contributed by atoms with Gasteiger partial charge in [0.15, 0.2) is 0 Å². The van der Waals surface area contributed by atoms with Crippen LogP contribution in [0.25, 0.3) is 6.08 Å². The highest BCUT2D eigenvalue weighted by Crippen LogP contribution is 2.28. The third kappa shape index (κ3) is 6.13. The van der Waals surface area contributed by atoms with Crippen molar-refractivity contribution in [1.82, 2.24) is 0 Å². The summed E-state index contributed by atoms with van der Waals surface area (Å²) in [6.45, 7) is 0.321. The molecule has 0 unspecified atom stereocenters. The molecule has 0 fully saturated rings. The summed E-state index contributed by atoms with van der Waals surface area (Å²) in [5.41, 5.74) is 2.06. The highest BCUT2D eigenvalue weighted by atomic mass is 79.9. The lowest BCUT2D eigenvalue weighted by molar-refractivity contribution is -0.112. The van der Waals surface area contributed by atoms with E-state index in [0.29, 0.717) is 35.1 Å². The molecule has 0 atom stereocenters. The van der Waals surface area contributed by atoms with Gasteiger partial charge in [0.1, 0.15) is 35.5 Å². The number of nitrogens with zero attached hydrogens (tertiary/aromatic N) is 1. The second-order valence-corrected chi connectivity index (χ2v) is 7.59. The molecular formula is C25H21BrN2O4. The molecule has 0 radical (unpaired) electrons. The second-order valence-electron chi connectivity index (χ2n) is 6.67. The van der Waals surface area contributed by atoms with E-state index in [1.54, 1.807) is 56.7 Å². The normalized spacial score (nSPS) is 10.8. The summed E-state index contributed by atoms with van der Waals surface area (Å²) in [4.78, 5) is 12.6. The molecule has 3 rings (SSSR count). The SMILES string of the molecule is COc1ccc(NC(=O)/C(C#N)=C/c2ccc(OC)cc2OCc2ccc(Br)cc2)cc1. The van der Waals surface area contributed by atoms with Gasteiger partial charge in [-0.1, -0.05) is 28.1 Å². The molecule has 0 saturated carbocycles. The van der Waals surface area contributed by atoms with Gasteiger partial charge in [0.25, 0.3) is 5.91 Å². The van der Waals surface area contributed by atoms with Gasteiger partial charge < -0.3 is 19.5 Å². The minimum atomic E-state index is -0.521. The van der Waals surface area contributed by atoms with Gasteiger partial charge in [-0.2, -0.15) is 5.26 Å². The third-order valence-electron chi connectivity index (χ3n) is 4.54. The fourth-order valence-electron chi connectivity index (χ4n) is 2.80. The van der Waals surface area contributed by atoms with Crippen LogP contribution in [0.5, 0.6) is 17.2 Å². The van der Waals surface area contributed by atoms with E-state index in [2.05, 4.69) is 21.2 Å². The van der Waals surface area contributed by atoms with Gasteiger partial charge in [0.05, 0.1) is 14.2 Å². The maximum absolute atomic E-state index is 12.6. The van der Waals surface area contributed by atoms with Gasteiger partial charge in [-0.25, -0.2) is 0 Å². The van der Waals surface area contributed by atoms with Crippen LogP contribution < -0.4 is 19.5 Å². The van der Waals surface area contributed by atoms with Crippen LogP contribution in [0.15, 0.2) is 76.8 Å². The Hall–Kier alpha value is -3.76. The topological polar surface area (TPSA) is 80.6 Å². The fourth-order valence-corrected chi connectivity index (χ4v) is 3.07. The maximum Gasteiger partial charge on any atom is 0.266 e. The lowest BCUT2D eigenvalue weighted by Crippen LogP contribution is -2.13. The number of anilines is 1. The minimum Gasteiger partial charge on any atom is -0.497 e. The van der Waals surface area contributed by atoms with Crippen LogP contribution in [0.2, 0.25) is 0 Å². The Bertz CT molecular complexity index is 1150. The third-order valence-corrected chi connectivity index (χ3v) is 5.07. The van der Waals surface area contributed by atoms with Crippen molar-refractivity contribution in [2.45, 2.75) is 6.61 Å². The number of amides is 1. The van der Waals surface area contributed by atoms with Crippen molar-refractivity contribution < 1.29 is 19.0 Å². The van der Waals surface area contributed by atoms with Crippen molar-refractivity contribution in [3.05, 3.63) is 87.9 Å². The van der Waals surface area contributed by atoms with Gasteiger partial charge in [0.2, 0.25) is 0 Å². The van der Waals surface area contributed by atoms with Crippen LogP contribution in [-0.4, -0.2) is 20.1 Å². The zero-order chi connectivity index (χ0) is 22.9. The van der Waals surface area contributed by atoms with E-state index in [1.807, 2.05) is 30.3 Å². The molecular weight excluding hydrogens is 472 g/mol. The molecule has 0 aliphatic carbocycles. The molecule has 0 spiro atoms. The van der Waals surface area contributed by atoms with Crippen molar-refractivity contribution in [2.24, 2.45) is 0 Å². The van der Waals surface area contributed by atoms with Crippen molar-refractivity contribution in [2.75, 3.05) is 19.5 Å². The smallest absolute Gasteiger partial charge is 0.266 e. The summed E-state index contributed by atoms with van der Waals surface area (Å²) in [7, 11) is 3.13. The van der Waals surface area contributed by atoms with E-state index in [1.165, 1.54) is 6.08 Å². The van der Waals surface area contributed by atoms with Gasteiger partial charge in [-0.3, -0.25) is 4.79 Å². The number of hydrogen-bond donors (Lipinski definition) is 1. The van der Waals surface area contributed by atoms with Crippen LogP contribution in [0.3, 0.4) is 0 Å². The number of rotatable bonds is 8. The van der Waals surface area contributed by atoms with Gasteiger partial charge >= 0.3 is 0 Å². The average molecular weight is 493 g/mol. The molecule has 1 N–H and O–H groups in total. The van der Waals surface area contributed by atoms with E-state index in [9.17, 15) is 10.1 Å². The van der Waals surface area contributed by atoms with Crippen molar-refractivity contribution in [1.29, 1.82) is 5.26 Å². The zero-order valence-corrected chi connectivity index (χ0v) is 19.2. The van der Waals surface area contributed by atoms with Crippen molar-refractivity contribution in [3.63, 3.8) is 0 Å². The number of nitrogens with one attached hydrogen (secondary N) is 1. The number of hydrogen-bond acceptors (Lipinski definition) is 5. The lowest BCUT2D eigenvalue weighted by atomic mass is 10.1. The molecule has 0 aromatic heterocycles. The molecule has 6 nitrogen and oxygen atoms in total. The predicted octanol–water partition coefficient (Wildman–Crippen LogP) is 5.59. The summed E-state index contributed by atoms with van der Waals surface area (Å²) in [5.74, 6) is 1.25. The molecule has 32 heavy (non-hydrogen) atoms. The van der Waals surface area contributed by atoms with Crippen LogP contribution >= 0.6 is 15.9 Å². The van der Waals surface area contributed by atoms with E-state index >= 15 is 0 Å². The zero-order valence-electron chi connectivity index (χ0n) is 17.6. The first-order valence-corrected chi connectivity index (χ1v) is 10.4. The molecule has 0 bridgehead atoms. The van der Waals surface area contributed by atoms with E-state index in [4.69, 9.17) is 14.2 Å². The number of ether oxygens (including phenoxy) is 3. The first kappa shape index (κ1) is 22.9. The van der Waals surface area contributed by atoms with E-state index < -0.39 is 5.91 Å². The molecule has 3 aromatic rings. The number of carbonyl (C=O) groups excluding carboxylic acids is 1. The maximum atomic E-state index is 12.6. The van der Waals surface area contributed by atoms with Crippen LogP contribution in [-0.2, 0) is 11.4 Å². The Morgan fingerprint density at radius 2 is 1.66 bits per heavy atom. The Kier molecular flexibility index (Phi) is 7.90. The van der Waals surface area contributed by atoms with Crippen molar-refractivity contribution >= 4 is 33.6 Å². The highest BCUT2D eigenvalue weighted by molar-refractivity contribution is 9.10. The number of nitriles is 1. The quantitative estimate of drug-likeness (QED) is 0.327. The van der Waals surface area contributed by atoms with Crippen LogP contribution in [0, 0.1) is 11.3 Å². The van der Waals surface area contributed by atoms with E-state index in [-0.39, 0.29) is 5.57 Å². The molecule has 0 aliphatic rings. The Labute approximate surface area is 195 Å². The van der Waals surface area contributed by atoms with Crippen molar-refractivity contribution in [3.8, 4) is 23.3 Å². The summed E-state index contributed by atoms with van der Waals surface area (Å²) in [6.07, 6.45) is 1.50. The summed E-state index contributed by atoms with van der Waals surface area (Å²) >= 11 is 3.41. The monoisotopic (exact) mass is 492 g/mol. The van der Waals surface area contributed by atoms with Gasteiger partial charge in [0, 0.05) is 21.8 Å².